The average molecular weight is 329 g/mol. The van der Waals surface area contributed by atoms with Gasteiger partial charge in [0.15, 0.2) is 0 Å². The Hall–Kier alpha value is -1.78. The van der Waals surface area contributed by atoms with Crippen molar-refractivity contribution in [2.24, 2.45) is 5.92 Å². The lowest BCUT2D eigenvalue weighted by atomic mass is 10.0. The number of rotatable bonds is 7. The molecule has 1 amide bonds. The molecule has 2 unspecified atom stereocenters. The topological polar surface area (TPSA) is 40.5 Å². The monoisotopic (exact) mass is 329 g/mol. The number of benzene rings is 2. The number of hydrogen-bond donors (Lipinski definition) is 1. The molecule has 2 atom stereocenters. The first-order valence-electron chi connectivity index (χ1n) is 7.78. The number of anilines is 1. The van der Waals surface area contributed by atoms with Crippen LogP contribution in [0.2, 0.25) is 0 Å². The molecule has 0 aliphatic rings. The van der Waals surface area contributed by atoms with Gasteiger partial charge in [0.2, 0.25) is 5.91 Å². The molecule has 2 aromatic carbocycles. The third kappa shape index (κ3) is 5.12. The maximum Gasteiger partial charge on any atom is 0.232 e. The first-order valence-corrected chi connectivity index (χ1v) is 8.76. The summed E-state index contributed by atoms with van der Waals surface area (Å²) < 4.78 is 0. The number of aliphatic hydroxyl groups is 1. The fourth-order valence-corrected chi connectivity index (χ4v) is 3.26. The molecule has 0 fully saturated rings. The van der Waals surface area contributed by atoms with E-state index >= 15 is 0 Å². The molecule has 3 nitrogen and oxygen atoms in total. The molecule has 0 aliphatic carbocycles. The van der Waals surface area contributed by atoms with E-state index in [0.717, 1.165) is 11.4 Å². The quantitative estimate of drug-likeness (QED) is 0.785. The zero-order valence-corrected chi connectivity index (χ0v) is 14.4. The van der Waals surface area contributed by atoms with E-state index in [4.69, 9.17) is 0 Å². The molecule has 0 saturated carbocycles. The van der Waals surface area contributed by atoms with Crippen molar-refractivity contribution in [1.82, 2.24) is 0 Å². The van der Waals surface area contributed by atoms with E-state index in [2.05, 4.69) is 12.1 Å². The van der Waals surface area contributed by atoms with Gasteiger partial charge in [-0.1, -0.05) is 43.3 Å². The van der Waals surface area contributed by atoms with Crippen molar-refractivity contribution in [1.29, 1.82) is 0 Å². The number of amides is 1. The number of hydrogen-bond acceptors (Lipinski definition) is 3. The standard InChI is InChI=1S/C19H23NO2S/c1-15(19(22)20(2)16-9-5-3-6-10-16)18(21)13-14-23-17-11-7-4-8-12-17/h3-12,15,18,21H,13-14H2,1-2H3. The number of carbonyl (C=O) groups is 1. The van der Waals surface area contributed by atoms with Crippen LogP contribution in [0.4, 0.5) is 5.69 Å². The molecular formula is C19H23NO2S. The molecule has 4 heteroatoms. The summed E-state index contributed by atoms with van der Waals surface area (Å²) in [6.07, 6.45) is -0.0420. The SMILES string of the molecule is CC(C(=O)N(C)c1ccccc1)C(O)CCSc1ccccc1. The van der Waals surface area contributed by atoms with Crippen LogP contribution < -0.4 is 4.90 Å². The Kier molecular flexibility index (Phi) is 6.68. The summed E-state index contributed by atoms with van der Waals surface area (Å²) in [7, 11) is 1.75. The molecule has 1 N–H and O–H groups in total. The van der Waals surface area contributed by atoms with E-state index in [1.54, 1.807) is 30.6 Å². The van der Waals surface area contributed by atoms with Crippen molar-refractivity contribution in [3.8, 4) is 0 Å². The van der Waals surface area contributed by atoms with Gasteiger partial charge in [-0.05, 0) is 30.7 Å². The van der Waals surface area contributed by atoms with Gasteiger partial charge >= 0.3 is 0 Å². The molecule has 23 heavy (non-hydrogen) atoms. The van der Waals surface area contributed by atoms with Crippen LogP contribution in [0.1, 0.15) is 13.3 Å². The second-order valence-corrected chi connectivity index (χ2v) is 6.71. The minimum Gasteiger partial charge on any atom is -0.392 e. The first kappa shape index (κ1) is 17.6. The third-order valence-corrected chi connectivity index (χ3v) is 4.91. The van der Waals surface area contributed by atoms with Crippen LogP contribution in [0.5, 0.6) is 0 Å². The van der Waals surface area contributed by atoms with Gasteiger partial charge in [0.1, 0.15) is 0 Å². The summed E-state index contributed by atoms with van der Waals surface area (Å²) in [5.41, 5.74) is 0.843. The Bertz CT molecular complexity index is 603. The van der Waals surface area contributed by atoms with E-state index < -0.39 is 12.0 Å². The Balaban J connectivity index is 1.84. The van der Waals surface area contributed by atoms with Crippen molar-refractivity contribution in [3.05, 3.63) is 60.7 Å². The van der Waals surface area contributed by atoms with Crippen LogP contribution in [0.25, 0.3) is 0 Å². The molecule has 2 rings (SSSR count). The highest BCUT2D eigenvalue weighted by atomic mass is 32.2. The van der Waals surface area contributed by atoms with Crippen LogP contribution in [0.15, 0.2) is 65.6 Å². The van der Waals surface area contributed by atoms with Gasteiger partial charge in [-0.15, -0.1) is 11.8 Å². The smallest absolute Gasteiger partial charge is 0.232 e. The molecular weight excluding hydrogens is 306 g/mol. The van der Waals surface area contributed by atoms with E-state index in [1.165, 1.54) is 4.90 Å². The highest BCUT2D eigenvalue weighted by Gasteiger charge is 2.25. The van der Waals surface area contributed by atoms with Crippen LogP contribution in [0, 0.1) is 5.92 Å². The lowest BCUT2D eigenvalue weighted by molar-refractivity contribution is -0.124. The van der Waals surface area contributed by atoms with Gasteiger partial charge in [-0.25, -0.2) is 0 Å². The number of thioether (sulfide) groups is 1. The largest absolute Gasteiger partial charge is 0.392 e. The zero-order valence-electron chi connectivity index (χ0n) is 13.6. The molecule has 0 saturated heterocycles. The predicted octanol–water partition coefficient (Wildman–Crippen LogP) is 3.83. The summed E-state index contributed by atoms with van der Waals surface area (Å²) in [5, 5.41) is 10.3. The normalized spacial score (nSPS) is 13.3. The highest BCUT2D eigenvalue weighted by Crippen LogP contribution is 2.22. The minimum absolute atomic E-state index is 0.0617. The van der Waals surface area contributed by atoms with Gasteiger partial charge in [0.25, 0.3) is 0 Å². The summed E-state index contributed by atoms with van der Waals surface area (Å²) >= 11 is 1.70. The minimum atomic E-state index is -0.634. The molecule has 0 spiro atoms. The van der Waals surface area contributed by atoms with E-state index in [-0.39, 0.29) is 5.91 Å². The maximum atomic E-state index is 12.5. The van der Waals surface area contributed by atoms with Gasteiger partial charge in [-0.3, -0.25) is 4.79 Å². The summed E-state index contributed by atoms with van der Waals surface area (Å²) in [5.74, 6) is 0.308. The Morgan fingerprint density at radius 1 is 1.09 bits per heavy atom. The summed E-state index contributed by atoms with van der Waals surface area (Å²) in [6, 6.07) is 19.6. The molecule has 2 aromatic rings. The predicted molar refractivity (Wildman–Crippen MR) is 96.8 cm³/mol. The number of aliphatic hydroxyl groups excluding tert-OH is 1. The number of carbonyl (C=O) groups excluding carboxylic acids is 1. The highest BCUT2D eigenvalue weighted by molar-refractivity contribution is 7.99. The van der Waals surface area contributed by atoms with E-state index in [0.29, 0.717) is 6.42 Å². The van der Waals surface area contributed by atoms with Gasteiger partial charge in [-0.2, -0.15) is 0 Å². The second-order valence-electron chi connectivity index (χ2n) is 5.54. The molecule has 0 heterocycles. The Morgan fingerprint density at radius 3 is 2.26 bits per heavy atom. The first-order chi connectivity index (χ1) is 11.1. The Morgan fingerprint density at radius 2 is 1.65 bits per heavy atom. The zero-order chi connectivity index (χ0) is 16.7. The number of para-hydroxylation sites is 1. The van der Waals surface area contributed by atoms with Crippen molar-refractivity contribution in [3.63, 3.8) is 0 Å². The van der Waals surface area contributed by atoms with Crippen LogP contribution >= 0.6 is 11.8 Å². The average Bonchev–Trinajstić information content (AvgIpc) is 2.61. The second kappa shape index (κ2) is 8.75. The molecule has 0 bridgehead atoms. The van der Waals surface area contributed by atoms with Crippen molar-refractivity contribution in [2.45, 2.75) is 24.3 Å². The van der Waals surface area contributed by atoms with Crippen molar-refractivity contribution < 1.29 is 9.90 Å². The molecule has 0 aliphatic heterocycles. The van der Waals surface area contributed by atoms with Crippen LogP contribution in [-0.2, 0) is 4.79 Å². The summed E-state index contributed by atoms with van der Waals surface area (Å²) in [4.78, 5) is 15.3. The third-order valence-electron chi connectivity index (χ3n) is 3.87. The Labute approximate surface area is 142 Å². The van der Waals surface area contributed by atoms with E-state index in [1.807, 2.05) is 48.5 Å². The van der Waals surface area contributed by atoms with Crippen LogP contribution in [-0.4, -0.2) is 29.9 Å². The summed E-state index contributed by atoms with van der Waals surface area (Å²) in [6.45, 7) is 1.79. The van der Waals surface area contributed by atoms with Gasteiger partial charge in [0, 0.05) is 23.4 Å². The fraction of sp³-hybridized carbons (Fsp3) is 0.316. The molecule has 0 radical (unpaired) electrons. The molecule has 0 aromatic heterocycles. The van der Waals surface area contributed by atoms with Crippen molar-refractivity contribution in [2.75, 3.05) is 17.7 Å². The van der Waals surface area contributed by atoms with E-state index in [9.17, 15) is 9.90 Å². The fourth-order valence-electron chi connectivity index (χ4n) is 2.31. The van der Waals surface area contributed by atoms with Gasteiger partial charge in [0.05, 0.1) is 12.0 Å². The van der Waals surface area contributed by atoms with Gasteiger partial charge < -0.3 is 10.0 Å². The van der Waals surface area contributed by atoms with Crippen LogP contribution in [0.3, 0.4) is 0 Å². The molecule has 122 valence electrons. The maximum absolute atomic E-state index is 12.5. The number of nitrogens with zero attached hydrogens (tertiary/aromatic N) is 1. The van der Waals surface area contributed by atoms with Crippen molar-refractivity contribution >= 4 is 23.4 Å². The lowest BCUT2D eigenvalue weighted by Crippen LogP contribution is -2.37. The lowest BCUT2D eigenvalue weighted by Gasteiger charge is -2.24.